The summed E-state index contributed by atoms with van der Waals surface area (Å²) in [5.41, 5.74) is 1.87. The molecule has 0 fully saturated rings. The van der Waals surface area contributed by atoms with Crippen LogP contribution in [0.3, 0.4) is 0 Å². The first-order valence-electron chi connectivity index (χ1n) is 8.28. The van der Waals surface area contributed by atoms with E-state index in [9.17, 15) is 14.4 Å². The van der Waals surface area contributed by atoms with Gasteiger partial charge in [-0.2, -0.15) is 0 Å². The van der Waals surface area contributed by atoms with Gasteiger partial charge in [0, 0.05) is 29.1 Å². The van der Waals surface area contributed by atoms with E-state index in [1.165, 1.54) is 19.3 Å². The summed E-state index contributed by atoms with van der Waals surface area (Å²) in [4.78, 5) is 20.2. The van der Waals surface area contributed by atoms with Crippen molar-refractivity contribution in [3.8, 4) is 5.75 Å². The summed E-state index contributed by atoms with van der Waals surface area (Å²) in [6.07, 6.45) is 3.81. The Morgan fingerprint density at radius 1 is 1.11 bits per heavy atom. The molecule has 2 N–H and O–H groups in total. The van der Waals surface area contributed by atoms with Crippen molar-refractivity contribution >= 4 is 17.4 Å². The number of carbonyl (C=O) groups excluding carboxylic acids is 1. The number of aromatic nitrogens is 2. The van der Waals surface area contributed by atoms with Gasteiger partial charge in [0.05, 0.1) is 18.9 Å². The predicted octanol–water partition coefficient (Wildman–Crippen LogP) is 3.41. The second-order valence-corrected chi connectivity index (χ2v) is 5.86. The van der Waals surface area contributed by atoms with Crippen molar-refractivity contribution in [2.75, 3.05) is 12.4 Å². The molecule has 0 aliphatic heterocycles. The zero-order valence-electron chi connectivity index (χ0n) is 15.2. The number of nitrogens with zero attached hydrogens (tertiary/aromatic N) is 3. The molecule has 0 aliphatic rings. The fourth-order valence-electron chi connectivity index (χ4n) is 2.55. The predicted molar refractivity (Wildman–Crippen MR) is 102 cm³/mol. The van der Waals surface area contributed by atoms with Crippen molar-refractivity contribution in [1.82, 2.24) is 9.97 Å². The van der Waals surface area contributed by atoms with Gasteiger partial charge in [0.15, 0.2) is 0 Å². The number of anilines is 1. The Morgan fingerprint density at radius 3 is 2.43 bits per heavy atom. The molecule has 3 rings (SSSR count). The minimum absolute atomic E-state index is 0.127. The lowest BCUT2D eigenvalue weighted by molar-refractivity contribution is 0.102. The summed E-state index contributed by atoms with van der Waals surface area (Å²) >= 11 is 0. The van der Waals surface area contributed by atoms with Gasteiger partial charge in [0.25, 0.3) is 5.91 Å². The van der Waals surface area contributed by atoms with Crippen molar-refractivity contribution < 1.29 is 19.1 Å². The number of hydrogen-bond acceptors (Lipinski definition) is 6. The van der Waals surface area contributed by atoms with Crippen LogP contribution in [0.1, 0.15) is 27.0 Å². The molecule has 0 aliphatic carbocycles. The molecule has 1 amide bonds. The van der Waals surface area contributed by atoms with Crippen molar-refractivity contribution in [2.45, 2.75) is 6.92 Å². The highest BCUT2D eigenvalue weighted by Gasteiger charge is 2.14. The van der Waals surface area contributed by atoms with Crippen LogP contribution < -0.4 is 10.1 Å². The fraction of sp³-hybridized carbons (Fsp3) is 0.100. The minimum atomic E-state index is -0.556. The topological polar surface area (TPSA) is 96.7 Å². The van der Waals surface area contributed by atoms with E-state index in [1.54, 1.807) is 43.5 Å². The van der Waals surface area contributed by atoms with Crippen LogP contribution in [-0.2, 0) is 0 Å². The third-order valence-corrected chi connectivity index (χ3v) is 4.14. The van der Waals surface area contributed by atoms with Crippen LogP contribution in [0, 0.1) is 12.7 Å². The lowest BCUT2D eigenvalue weighted by atomic mass is 10.0. The molecule has 0 unspecified atom stereocenters. The largest absolute Gasteiger partial charge is 0.497 e. The van der Waals surface area contributed by atoms with E-state index in [0.717, 1.165) is 6.20 Å². The van der Waals surface area contributed by atoms with Gasteiger partial charge < -0.3 is 15.3 Å². The van der Waals surface area contributed by atoms with Gasteiger partial charge >= 0.3 is 0 Å². The van der Waals surface area contributed by atoms with Gasteiger partial charge in [-0.05, 0) is 43.3 Å². The monoisotopic (exact) mass is 380 g/mol. The first-order valence-corrected chi connectivity index (χ1v) is 8.28. The maximum Gasteiger partial charge on any atom is 0.258 e. The maximum absolute atomic E-state index is 13.6. The molecule has 2 aromatic heterocycles. The molecule has 0 radical (unpaired) electrons. The Hall–Kier alpha value is -3.81. The molecule has 0 saturated carbocycles. The number of halogens is 1. The van der Waals surface area contributed by atoms with E-state index in [4.69, 9.17) is 4.74 Å². The van der Waals surface area contributed by atoms with E-state index in [1.807, 2.05) is 0 Å². The van der Waals surface area contributed by atoms with Gasteiger partial charge in [-0.1, -0.05) is 5.16 Å². The number of benzene rings is 1. The zero-order valence-corrected chi connectivity index (χ0v) is 15.2. The van der Waals surface area contributed by atoms with E-state index in [0.29, 0.717) is 22.6 Å². The van der Waals surface area contributed by atoms with Crippen molar-refractivity contribution in [3.05, 3.63) is 83.1 Å². The standard InChI is InChI=1S/C20H17FN4O3/c1-12-16(10-22-11-17(12)21)20(26)24-18-8-5-14(9-23-18)19(25-27)13-3-6-15(28-2)7-4-13/h3-11,27H,1-2H3,(H,23,24,26)/b25-19-. The lowest BCUT2D eigenvalue weighted by Gasteiger charge is -2.09. The Bertz CT molecular complexity index is 1020. The van der Waals surface area contributed by atoms with Crippen LogP contribution in [0.2, 0.25) is 0 Å². The Labute approximate surface area is 160 Å². The molecule has 0 spiro atoms. The lowest BCUT2D eigenvalue weighted by Crippen LogP contribution is -2.15. The zero-order chi connectivity index (χ0) is 20.1. The van der Waals surface area contributed by atoms with Crippen molar-refractivity contribution in [1.29, 1.82) is 0 Å². The molecule has 0 atom stereocenters. The summed E-state index contributed by atoms with van der Waals surface area (Å²) in [6.45, 7) is 1.50. The highest BCUT2D eigenvalue weighted by Crippen LogP contribution is 2.17. The smallest absolute Gasteiger partial charge is 0.258 e. The van der Waals surface area contributed by atoms with Gasteiger partial charge in [0.1, 0.15) is 23.1 Å². The maximum atomic E-state index is 13.6. The summed E-state index contributed by atoms with van der Waals surface area (Å²) in [6, 6.07) is 10.2. The first kappa shape index (κ1) is 19.0. The first-order chi connectivity index (χ1) is 13.5. The number of amides is 1. The average Bonchev–Trinajstić information content (AvgIpc) is 2.72. The number of rotatable bonds is 5. The van der Waals surface area contributed by atoms with E-state index in [2.05, 4.69) is 20.4 Å². The number of ether oxygens (including phenoxy) is 1. The van der Waals surface area contributed by atoms with Crippen LogP contribution in [-0.4, -0.2) is 33.9 Å². The molecule has 0 saturated heterocycles. The van der Waals surface area contributed by atoms with Crippen LogP contribution in [0.4, 0.5) is 10.2 Å². The fourth-order valence-corrected chi connectivity index (χ4v) is 2.55. The molecular weight excluding hydrogens is 363 g/mol. The highest BCUT2D eigenvalue weighted by atomic mass is 19.1. The Balaban J connectivity index is 1.78. The van der Waals surface area contributed by atoms with Gasteiger partial charge in [-0.25, -0.2) is 9.37 Å². The highest BCUT2D eigenvalue weighted by molar-refractivity contribution is 6.12. The summed E-state index contributed by atoms with van der Waals surface area (Å²) in [5.74, 6) is -0.126. The molecule has 142 valence electrons. The van der Waals surface area contributed by atoms with E-state index < -0.39 is 11.7 Å². The number of hydrogen-bond donors (Lipinski definition) is 2. The molecule has 3 aromatic rings. The molecule has 0 bridgehead atoms. The summed E-state index contributed by atoms with van der Waals surface area (Å²) in [7, 11) is 1.56. The second-order valence-electron chi connectivity index (χ2n) is 5.86. The summed E-state index contributed by atoms with van der Waals surface area (Å²) < 4.78 is 18.7. The Kier molecular flexibility index (Phi) is 5.59. The van der Waals surface area contributed by atoms with Gasteiger partial charge in [-0.3, -0.25) is 9.78 Å². The van der Waals surface area contributed by atoms with Crippen LogP contribution in [0.25, 0.3) is 0 Å². The number of oxime groups is 1. The van der Waals surface area contributed by atoms with E-state index in [-0.39, 0.29) is 16.9 Å². The minimum Gasteiger partial charge on any atom is -0.497 e. The van der Waals surface area contributed by atoms with Gasteiger partial charge in [0.2, 0.25) is 0 Å². The molecule has 8 heteroatoms. The van der Waals surface area contributed by atoms with E-state index >= 15 is 0 Å². The van der Waals surface area contributed by atoms with Gasteiger partial charge in [-0.15, -0.1) is 0 Å². The molecule has 7 nitrogen and oxygen atoms in total. The van der Waals surface area contributed by atoms with Crippen LogP contribution in [0.15, 0.2) is 60.1 Å². The SMILES string of the molecule is COc1ccc(/C(=N/O)c2ccc(NC(=O)c3cncc(F)c3C)nc2)cc1. The van der Waals surface area contributed by atoms with Crippen molar-refractivity contribution in [2.24, 2.45) is 5.16 Å². The number of methoxy groups -OCH3 is 1. The number of pyridine rings is 2. The second kappa shape index (κ2) is 8.26. The van der Waals surface area contributed by atoms with Crippen LogP contribution in [0.5, 0.6) is 5.75 Å². The third kappa shape index (κ3) is 3.96. The molecular formula is C20H17FN4O3. The Morgan fingerprint density at radius 2 is 1.82 bits per heavy atom. The average molecular weight is 380 g/mol. The van der Waals surface area contributed by atoms with Crippen molar-refractivity contribution in [3.63, 3.8) is 0 Å². The molecule has 2 heterocycles. The number of nitrogens with one attached hydrogen (secondary N) is 1. The summed E-state index contributed by atoms with van der Waals surface area (Å²) in [5, 5.41) is 15.3. The normalized spacial score (nSPS) is 11.2. The van der Waals surface area contributed by atoms with Crippen LogP contribution >= 0.6 is 0 Å². The molecule has 1 aromatic carbocycles. The molecule has 28 heavy (non-hydrogen) atoms. The quantitative estimate of drug-likeness (QED) is 0.402. The number of carbonyl (C=O) groups is 1. The third-order valence-electron chi connectivity index (χ3n) is 4.14.